The van der Waals surface area contributed by atoms with Gasteiger partial charge in [0, 0.05) is 5.69 Å². The topological polar surface area (TPSA) is 111 Å². The molecule has 0 spiro atoms. The number of aromatic nitrogens is 3. The fourth-order valence-corrected chi connectivity index (χ4v) is 2.49. The summed E-state index contributed by atoms with van der Waals surface area (Å²) in [6, 6.07) is 5.90. The molecule has 0 radical (unpaired) electrons. The lowest BCUT2D eigenvalue weighted by Crippen LogP contribution is -2.16. The highest BCUT2D eigenvalue weighted by atomic mass is 32.2. The molecule has 0 aliphatic carbocycles. The van der Waals surface area contributed by atoms with Gasteiger partial charge in [-0.3, -0.25) is 4.72 Å². The van der Waals surface area contributed by atoms with Crippen LogP contribution in [0.1, 0.15) is 12.6 Å². The number of rotatable bonds is 4. The van der Waals surface area contributed by atoms with E-state index in [2.05, 4.69) is 19.9 Å². The summed E-state index contributed by atoms with van der Waals surface area (Å²) in [5.41, 5.74) is 6.51. The van der Waals surface area contributed by atoms with Crippen LogP contribution in [0.4, 0.5) is 11.5 Å². The summed E-state index contributed by atoms with van der Waals surface area (Å²) in [5.74, 6) is 0.189. The Morgan fingerprint density at radius 2 is 1.95 bits per heavy atom. The summed E-state index contributed by atoms with van der Waals surface area (Å²) in [5, 5.41) is 7.45. The number of benzene rings is 1. The molecule has 0 saturated carbocycles. The van der Waals surface area contributed by atoms with Gasteiger partial charge in [0.1, 0.15) is 12.0 Å². The zero-order valence-corrected chi connectivity index (χ0v) is 11.1. The third-order valence-electron chi connectivity index (χ3n) is 2.45. The minimum Gasteiger partial charge on any atom is -0.399 e. The maximum atomic E-state index is 12.1. The molecule has 0 saturated heterocycles. The quantitative estimate of drug-likeness (QED) is 0.801. The average molecular weight is 279 g/mol. The third-order valence-corrected chi connectivity index (χ3v) is 3.80. The fourth-order valence-electron chi connectivity index (χ4n) is 1.46. The number of hydrogen-bond donors (Lipinski definition) is 2. The van der Waals surface area contributed by atoms with Gasteiger partial charge in [-0.05, 0) is 30.7 Å². The van der Waals surface area contributed by atoms with Crippen molar-refractivity contribution < 1.29 is 8.42 Å². The molecule has 0 atom stereocenters. The van der Waals surface area contributed by atoms with Crippen molar-refractivity contribution in [3.8, 4) is 0 Å². The van der Waals surface area contributed by atoms with Crippen molar-refractivity contribution in [3.05, 3.63) is 36.3 Å². The van der Waals surface area contributed by atoms with Crippen LogP contribution in [0.2, 0.25) is 0 Å². The van der Waals surface area contributed by atoms with E-state index < -0.39 is 10.0 Å². The van der Waals surface area contributed by atoms with Crippen LogP contribution >= 0.6 is 0 Å². The van der Waals surface area contributed by atoms with Gasteiger partial charge in [0.15, 0.2) is 5.82 Å². The Morgan fingerprint density at radius 1 is 1.26 bits per heavy atom. The monoisotopic (exact) mass is 279 g/mol. The Labute approximate surface area is 110 Å². The number of aryl methyl sites for hydroxylation is 1. The lowest BCUT2D eigenvalue weighted by atomic mass is 10.3. The molecule has 7 nitrogen and oxygen atoms in total. The zero-order chi connectivity index (χ0) is 13.9. The van der Waals surface area contributed by atoms with Crippen LogP contribution in [0.5, 0.6) is 0 Å². The molecule has 19 heavy (non-hydrogen) atoms. The van der Waals surface area contributed by atoms with Gasteiger partial charge < -0.3 is 5.73 Å². The van der Waals surface area contributed by atoms with Crippen molar-refractivity contribution >= 4 is 21.5 Å². The van der Waals surface area contributed by atoms with Crippen LogP contribution in [0, 0.1) is 0 Å². The van der Waals surface area contributed by atoms with E-state index in [1.807, 2.05) is 6.92 Å². The molecule has 0 aliphatic rings. The van der Waals surface area contributed by atoms with Crippen LogP contribution in [-0.2, 0) is 16.4 Å². The second-order valence-corrected chi connectivity index (χ2v) is 5.47. The molecular weight excluding hydrogens is 266 g/mol. The molecule has 0 fully saturated rings. The van der Waals surface area contributed by atoms with Crippen LogP contribution in [0.15, 0.2) is 35.5 Å². The first-order chi connectivity index (χ1) is 9.03. The fraction of sp³-hybridized carbons (Fsp3) is 0.182. The van der Waals surface area contributed by atoms with Gasteiger partial charge in [0.2, 0.25) is 0 Å². The van der Waals surface area contributed by atoms with E-state index in [1.54, 1.807) is 0 Å². The summed E-state index contributed by atoms with van der Waals surface area (Å²) in [6.07, 6.45) is 1.72. The summed E-state index contributed by atoms with van der Waals surface area (Å²) in [6.45, 7) is 1.84. The lowest BCUT2D eigenvalue weighted by Gasteiger charge is -2.09. The number of nitrogens with zero attached hydrogens (tertiary/aromatic N) is 3. The first kappa shape index (κ1) is 13.2. The van der Waals surface area contributed by atoms with Crippen LogP contribution in [0.25, 0.3) is 0 Å². The Morgan fingerprint density at radius 3 is 2.58 bits per heavy atom. The van der Waals surface area contributed by atoms with Crippen molar-refractivity contribution in [2.24, 2.45) is 0 Å². The standard InChI is InChI=1S/C11H13N5O2S/c1-2-10-11(13-7-14-15-10)16-19(17,18)9-5-3-8(12)4-6-9/h3-7H,2,12H2,1H3,(H,13,14,16). The molecule has 100 valence electrons. The van der Waals surface area contributed by atoms with E-state index in [0.29, 0.717) is 17.8 Å². The van der Waals surface area contributed by atoms with Gasteiger partial charge in [-0.1, -0.05) is 6.92 Å². The molecule has 1 aromatic heterocycles. The molecule has 1 heterocycles. The van der Waals surface area contributed by atoms with Crippen LogP contribution in [-0.4, -0.2) is 23.6 Å². The SMILES string of the molecule is CCc1nncnc1NS(=O)(=O)c1ccc(N)cc1. The molecule has 2 rings (SSSR count). The van der Waals surface area contributed by atoms with E-state index in [0.717, 1.165) is 0 Å². The van der Waals surface area contributed by atoms with E-state index in [-0.39, 0.29) is 10.7 Å². The van der Waals surface area contributed by atoms with Crippen molar-refractivity contribution in [1.29, 1.82) is 0 Å². The van der Waals surface area contributed by atoms with Gasteiger partial charge >= 0.3 is 0 Å². The van der Waals surface area contributed by atoms with E-state index >= 15 is 0 Å². The van der Waals surface area contributed by atoms with E-state index in [4.69, 9.17) is 5.73 Å². The van der Waals surface area contributed by atoms with Gasteiger partial charge in [-0.15, -0.1) is 5.10 Å². The number of sulfonamides is 1. The number of nitrogens with two attached hydrogens (primary N) is 1. The molecule has 2 aromatic rings. The first-order valence-corrected chi connectivity index (χ1v) is 7.06. The Bertz CT molecular complexity index is 670. The summed E-state index contributed by atoms with van der Waals surface area (Å²) in [7, 11) is -3.70. The Kier molecular flexibility index (Phi) is 3.61. The second-order valence-electron chi connectivity index (χ2n) is 3.78. The number of anilines is 2. The molecule has 0 aliphatic heterocycles. The highest BCUT2D eigenvalue weighted by Crippen LogP contribution is 2.17. The maximum absolute atomic E-state index is 12.1. The van der Waals surface area contributed by atoms with Gasteiger partial charge in [0.25, 0.3) is 10.0 Å². The largest absolute Gasteiger partial charge is 0.399 e. The molecular formula is C11H13N5O2S. The Hall–Kier alpha value is -2.22. The summed E-state index contributed by atoms with van der Waals surface area (Å²) >= 11 is 0. The summed E-state index contributed by atoms with van der Waals surface area (Å²) in [4.78, 5) is 4.00. The molecule has 0 unspecified atom stereocenters. The van der Waals surface area contributed by atoms with Crippen molar-refractivity contribution in [2.45, 2.75) is 18.2 Å². The number of hydrogen-bond acceptors (Lipinski definition) is 6. The molecule has 0 amide bonds. The third kappa shape index (κ3) is 2.97. The van der Waals surface area contributed by atoms with Gasteiger partial charge in [-0.2, -0.15) is 5.10 Å². The maximum Gasteiger partial charge on any atom is 0.263 e. The first-order valence-electron chi connectivity index (χ1n) is 5.58. The second kappa shape index (κ2) is 5.19. The average Bonchev–Trinajstić information content (AvgIpc) is 2.39. The van der Waals surface area contributed by atoms with Gasteiger partial charge in [-0.25, -0.2) is 13.4 Å². The molecule has 3 N–H and O–H groups in total. The molecule has 1 aromatic carbocycles. The molecule has 8 heteroatoms. The van der Waals surface area contributed by atoms with Crippen LogP contribution in [0.3, 0.4) is 0 Å². The normalized spacial score (nSPS) is 11.2. The number of nitrogens with one attached hydrogen (secondary N) is 1. The van der Waals surface area contributed by atoms with Crippen molar-refractivity contribution in [2.75, 3.05) is 10.5 Å². The van der Waals surface area contributed by atoms with E-state index in [9.17, 15) is 8.42 Å². The minimum atomic E-state index is -3.70. The van der Waals surface area contributed by atoms with Crippen LogP contribution < -0.4 is 10.5 Å². The zero-order valence-electron chi connectivity index (χ0n) is 10.2. The van der Waals surface area contributed by atoms with Gasteiger partial charge in [0.05, 0.1) is 4.90 Å². The highest BCUT2D eigenvalue weighted by molar-refractivity contribution is 7.92. The van der Waals surface area contributed by atoms with E-state index in [1.165, 1.54) is 30.6 Å². The van der Waals surface area contributed by atoms with Crippen molar-refractivity contribution in [3.63, 3.8) is 0 Å². The molecule has 0 bridgehead atoms. The summed E-state index contributed by atoms with van der Waals surface area (Å²) < 4.78 is 26.7. The predicted octanol–water partition coefficient (Wildman–Crippen LogP) is 0.817. The predicted molar refractivity (Wildman–Crippen MR) is 70.9 cm³/mol. The number of nitrogen functional groups attached to an aromatic ring is 1. The smallest absolute Gasteiger partial charge is 0.263 e. The Balaban J connectivity index is 2.34. The highest BCUT2D eigenvalue weighted by Gasteiger charge is 2.16. The van der Waals surface area contributed by atoms with Crippen molar-refractivity contribution in [1.82, 2.24) is 15.2 Å². The minimum absolute atomic E-state index is 0.113. The lowest BCUT2D eigenvalue weighted by molar-refractivity contribution is 0.601.